The van der Waals surface area contributed by atoms with E-state index >= 15 is 0 Å². The molecule has 1 aliphatic rings. The maximum Gasteiger partial charge on any atom is 3.00 e. The second kappa shape index (κ2) is 26.7. The minimum Gasteiger partial charge on any atom is -0.784 e. The molecule has 1 radical (unpaired) electrons. The van der Waals surface area contributed by atoms with Crippen LogP contribution < -0.4 is 0 Å². The Kier molecular flexibility index (Phi) is 24.0. The molecule has 6 nitrogen and oxygen atoms in total. The zero-order chi connectivity index (χ0) is 49.0. The van der Waals surface area contributed by atoms with Crippen molar-refractivity contribution in [3.05, 3.63) is 133 Å². The first-order chi connectivity index (χ1) is 30.3. The van der Waals surface area contributed by atoms with E-state index in [1.807, 2.05) is 27.7 Å². The van der Waals surface area contributed by atoms with Crippen molar-refractivity contribution in [3.8, 4) is 0 Å². The number of hydrogen-bond acceptors (Lipinski definition) is 4. The van der Waals surface area contributed by atoms with Crippen LogP contribution in [0.4, 0.5) is 22.7 Å². The molecule has 361 valence electrons. The van der Waals surface area contributed by atoms with E-state index in [4.69, 9.17) is 20.6 Å². The van der Waals surface area contributed by atoms with Crippen molar-refractivity contribution in [1.29, 1.82) is 0 Å². The maximum absolute atomic E-state index is 11.7. The molecule has 5 rings (SSSR count). The molecular formula is C59H88N5OSm. The molecule has 4 aromatic rings. The predicted molar refractivity (Wildman–Crippen MR) is 288 cm³/mol. The zero-order valence-electron chi connectivity index (χ0n) is 44.9. The molecule has 0 unspecified atom stereocenters. The van der Waals surface area contributed by atoms with Crippen molar-refractivity contribution < 1.29 is 40.4 Å². The largest absolute Gasteiger partial charge is 3.00 e. The fraction of sp³-hybridized carbons (Fsp3) is 0.559. The van der Waals surface area contributed by atoms with Gasteiger partial charge in [-0.1, -0.05) is 196 Å². The van der Waals surface area contributed by atoms with Crippen molar-refractivity contribution >= 4 is 35.4 Å². The summed E-state index contributed by atoms with van der Waals surface area (Å²) in [4.78, 5) is 9.71. The Balaban J connectivity index is 0.000000365. The van der Waals surface area contributed by atoms with Crippen LogP contribution in [-0.4, -0.2) is 28.8 Å². The molecule has 0 amide bonds. The molecule has 0 spiro atoms. The Labute approximate surface area is 436 Å². The van der Waals surface area contributed by atoms with E-state index in [1.54, 1.807) is 12.7 Å². The molecule has 1 saturated heterocycles. The van der Waals surface area contributed by atoms with E-state index in [0.717, 1.165) is 35.6 Å². The van der Waals surface area contributed by atoms with Gasteiger partial charge in [0, 0.05) is 11.1 Å². The number of nitrogens with zero attached hydrogens (tertiary/aromatic N) is 5. The fourth-order valence-electron chi connectivity index (χ4n) is 8.91. The van der Waals surface area contributed by atoms with Gasteiger partial charge in [-0.15, -0.1) is 0 Å². The predicted octanol–water partition coefficient (Wildman–Crippen LogP) is 19.6. The van der Waals surface area contributed by atoms with E-state index in [0.29, 0.717) is 47.3 Å². The molecular weight excluding hydrogens is 945 g/mol. The Morgan fingerprint density at radius 1 is 0.424 bits per heavy atom. The van der Waals surface area contributed by atoms with Crippen LogP contribution in [0.25, 0.3) is 10.6 Å². The number of para-hydroxylation sites is 4. The third-order valence-electron chi connectivity index (χ3n) is 12.8. The van der Waals surface area contributed by atoms with Crippen molar-refractivity contribution in [2.24, 2.45) is 9.98 Å². The third kappa shape index (κ3) is 16.1. The van der Waals surface area contributed by atoms with Gasteiger partial charge in [0.15, 0.2) is 0 Å². The summed E-state index contributed by atoms with van der Waals surface area (Å²) in [6, 6.07) is 26.1. The zero-order valence-corrected chi connectivity index (χ0v) is 47.5. The van der Waals surface area contributed by atoms with Crippen molar-refractivity contribution in [2.45, 2.75) is 216 Å². The van der Waals surface area contributed by atoms with Crippen LogP contribution in [0.5, 0.6) is 0 Å². The van der Waals surface area contributed by atoms with Crippen LogP contribution in [0.3, 0.4) is 0 Å². The van der Waals surface area contributed by atoms with Crippen LogP contribution in [0.1, 0.15) is 250 Å². The van der Waals surface area contributed by atoms with Crippen LogP contribution in [0, 0.1) is 45.6 Å². The molecule has 1 heterocycles. The van der Waals surface area contributed by atoms with Crippen molar-refractivity contribution in [3.63, 3.8) is 0 Å². The van der Waals surface area contributed by atoms with Gasteiger partial charge in [-0.3, -0.25) is 0 Å². The number of benzene rings is 4. The number of hydroxylamine groups is 2. The Morgan fingerprint density at radius 3 is 0.833 bits per heavy atom. The first kappa shape index (κ1) is 59.2. The molecule has 0 aromatic heterocycles. The summed E-state index contributed by atoms with van der Waals surface area (Å²) >= 11 is 0. The summed E-state index contributed by atoms with van der Waals surface area (Å²) < 4.78 is 0. The van der Waals surface area contributed by atoms with Crippen LogP contribution >= 0.6 is 0 Å². The fourth-order valence-corrected chi connectivity index (χ4v) is 8.91. The summed E-state index contributed by atoms with van der Waals surface area (Å²) in [5.41, 5.74) is 14.3. The average Bonchev–Trinajstić information content (AvgIpc) is 3.22. The Bertz CT molecular complexity index is 1900. The quantitative estimate of drug-likeness (QED) is 0.0932. The maximum atomic E-state index is 11.7. The molecule has 0 bridgehead atoms. The number of hydrogen-bond donors (Lipinski definition) is 0. The topological polar surface area (TPSA) is 79.2 Å². The van der Waals surface area contributed by atoms with E-state index in [9.17, 15) is 5.21 Å². The molecule has 66 heavy (non-hydrogen) atoms. The van der Waals surface area contributed by atoms with E-state index in [1.165, 1.54) is 56.0 Å². The molecule has 1 fully saturated rings. The summed E-state index contributed by atoms with van der Waals surface area (Å²) in [5, 5.41) is 22.7. The van der Waals surface area contributed by atoms with Gasteiger partial charge < -0.3 is 30.9 Å². The second-order valence-corrected chi connectivity index (χ2v) is 21.9. The van der Waals surface area contributed by atoms with Gasteiger partial charge in [0.05, 0.1) is 0 Å². The molecule has 4 aromatic carbocycles. The van der Waals surface area contributed by atoms with Gasteiger partial charge in [0.25, 0.3) is 0 Å². The normalized spacial score (nSPS) is 15.0. The average molecular weight is 1030 g/mol. The summed E-state index contributed by atoms with van der Waals surface area (Å²) in [7, 11) is 0. The van der Waals surface area contributed by atoms with E-state index in [-0.39, 0.29) is 51.5 Å². The monoisotopic (exact) mass is 1030 g/mol. The van der Waals surface area contributed by atoms with Gasteiger partial charge >= 0.3 is 40.4 Å². The summed E-state index contributed by atoms with van der Waals surface area (Å²) in [6.07, 6.45) is 6.76. The van der Waals surface area contributed by atoms with Crippen LogP contribution in [0.15, 0.2) is 82.8 Å². The SMILES string of the molecule is CC(C)c1cccc(C(C)C)c1N=C[N-]c1c(C(C)C)cccc1C(C)C.CC(C)c1cccc(C(C)C)c1N=C[N-]c1c(C(C)C)cccc1C(C)C.CC1(C)CCCC(C)(C)N1[O-].[Sm+3]. The van der Waals surface area contributed by atoms with Gasteiger partial charge in [-0.25, -0.2) is 0 Å². The van der Waals surface area contributed by atoms with Gasteiger partial charge in [0.1, 0.15) is 0 Å². The Hall–Kier alpha value is -2.92. The third-order valence-corrected chi connectivity index (χ3v) is 12.8. The molecule has 1 aliphatic heterocycles. The first-order valence-electron chi connectivity index (χ1n) is 24.8. The molecule has 0 atom stereocenters. The first-order valence-corrected chi connectivity index (χ1v) is 24.8. The minimum atomic E-state index is -0.151. The van der Waals surface area contributed by atoms with Gasteiger partial charge in [0.2, 0.25) is 0 Å². The minimum absolute atomic E-state index is 0. The molecule has 7 heteroatoms. The van der Waals surface area contributed by atoms with Crippen molar-refractivity contribution in [1.82, 2.24) is 5.06 Å². The smallest absolute Gasteiger partial charge is 0.784 e. The second-order valence-electron chi connectivity index (χ2n) is 21.9. The summed E-state index contributed by atoms with van der Waals surface area (Å²) in [5.74, 6) is 3.48. The van der Waals surface area contributed by atoms with Crippen LogP contribution in [-0.2, 0) is 0 Å². The van der Waals surface area contributed by atoms with Gasteiger partial charge in [-0.2, -0.15) is 0 Å². The standard InChI is InChI=1S/2C25H35N2.C9H18NO.Sm/c2*1-16(2)20-11-9-12-21(17(3)4)24(20)26-15-27-25-22(18(5)6)13-10-14-23(25)19(7)8;1-8(2)6-5-7-9(3,4)10(8)11;/h2*9-19H,1-8H3;5-7H2,1-4H3;/q3*-1;+3. The Morgan fingerprint density at radius 2 is 0.636 bits per heavy atom. The molecule has 0 aliphatic carbocycles. The number of aliphatic imine (C=N–C) groups is 2. The number of piperidine rings is 1. The van der Waals surface area contributed by atoms with E-state index < -0.39 is 0 Å². The summed E-state index contributed by atoms with van der Waals surface area (Å²) in [6.45, 7) is 43.7. The number of rotatable bonds is 14. The molecule has 0 saturated carbocycles. The molecule has 0 N–H and O–H groups in total. The van der Waals surface area contributed by atoms with Gasteiger partial charge in [-0.05, 0) is 162 Å². The van der Waals surface area contributed by atoms with Crippen LogP contribution in [0.2, 0.25) is 0 Å². The van der Waals surface area contributed by atoms with Crippen molar-refractivity contribution in [2.75, 3.05) is 0 Å². The van der Waals surface area contributed by atoms with E-state index in [2.05, 4.69) is 184 Å².